The second-order valence-corrected chi connectivity index (χ2v) is 18.8. The minimum absolute atomic E-state index is 1.31. The normalized spacial score (nSPS) is 11.8. The minimum atomic E-state index is -2.35. The fourth-order valence-corrected chi connectivity index (χ4v) is 19.0. The second-order valence-electron chi connectivity index (χ2n) is 5.93. The van der Waals surface area contributed by atoms with E-state index in [9.17, 15) is 0 Å². The zero-order valence-electron chi connectivity index (χ0n) is 13.7. The molecule has 0 aliphatic heterocycles. The summed E-state index contributed by atoms with van der Waals surface area (Å²) in [5, 5.41) is 0. The van der Waals surface area contributed by atoms with Gasteiger partial charge >= 0.3 is 130 Å². The van der Waals surface area contributed by atoms with Crippen LogP contribution >= 0.6 is 0 Å². The first-order valence-electron chi connectivity index (χ1n) is 8.40. The number of nitrogens with zero attached hydrogens (tertiary/aromatic N) is 2. The average molecular weight is 383 g/mol. The SMILES string of the molecule is C=Cn1ccn[c]1[Sn]([CH2]CCC)([CH2]CCC)[CH2]CCC. The molecule has 114 valence electrons. The van der Waals surface area contributed by atoms with Crippen LogP contribution in [0.2, 0.25) is 13.3 Å². The van der Waals surface area contributed by atoms with Crippen LogP contribution in [0.4, 0.5) is 0 Å². The van der Waals surface area contributed by atoms with Crippen molar-refractivity contribution in [2.45, 2.75) is 72.6 Å². The van der Waals surface area contributed by atoms with Crippen LogP contribution in [0.1, 0.15) is 59.3 Å². The monoisotopic (exact) mass is 384 g/mol. The number of rotatable bonds is 11. The molecule has 0 saturated carbocycles. The molecule has 1 heterocycles. The maximum absolute atomic E-state index is 4.80. The summed E-state index contributed by atoms with van der Waals surface area (Å²) in [6.07, 6.45) is 14.1. The summed E-state index contributed by atoms with van der Waals surface area (Å²) >= 11 is -2.35. The van der Waals surface area contributed by atoms with Crippen LogP contribution in [0.3, 0.4) is 0 Å². The quantitative estimate of drug-likeness (QED) is 0.490. The fourth-order valence-electron chi connectivity index (χ4n) is 3.13. The molecule has 0 aromatic carbocycles. The third-order valence-corrected chi connectivity index (χ3v) is 19.4. The summed E-state index contributed by atoms with van der Waals surface area (Å²) in [5.41, 5.74) is 0. The van der Waals surface area contributed by atoms with E-state index in [4.69, 9.17) is 4.98 Å². The first-order chi connectivity index (χ1) is 9.74. The summed E-state index contributed by atoms with van der Waals surface area (Å²) in [6, 6.07) is 0. The summed E-state index contributed by atoms with van der Waals surface area (Å²) in [6.45, 7) is 10.9. The number of hydrogen-bond acceptors (Lipinski definition) is 1. The van der Waals surface area contributed by atoms with E-state index in [-0.39, 0.29) is 0 Å². The Kier molecular flexibility index (Phi) is 8.58. The Bertz CT molecular complexity index is 362. The number of aromatic nitrogens is 2. The molecule has 0 aliphatic carbocycles. The molecule has 0 N–H and O–H groups in total. The summed E-state index contributed by atoms with van der Waals surface area (Å²) in [5.74, 6) is 0. The van der Waals surface area contributed by atoms with E-state index in [1.54, 1.807) is 0 Å². The van der Waals surface area contributed by atoms with Gasteiger partial charge in [0.05, 0.1) is 0 Å². The van der Waals surface area contributed by atoms with Gasteiger partial charge in [0.15, 0.2) is 0 Å². The van der Waals surface area contributed by atoms with E-state index in [0.29, 0.717) is 0 Å². The molecule has 0 fully saturated rings. The first kappa shape index (κ1) is 17.8. The van der Waals surface area contributed by atoms with E-state index in [0.717, 1.165) is 0 Å². The molecule has 0 spiro atoms. The molecule has 0 unspecified atom stereocenters. The molecule has 0 saturated heterocycles. The first-order valence-corrected chi connectivity index (χ1v) is 15.9. The Hall–Kier alpha value is -0.251. The molecule has 0 radical (unpaired) electrons. The van der Waals surface area contributed by atoms with Crippen molar-refractivity contribution in [2.24, 2.45) is 0 Å². The molecule has 0 aliphatic rings. The Morgan fingerprint density at radius 3 is 1.95 bits per heavy atom. The Balaban J connectivity index is 3.07. The Morgan fingerprint density at radius 1 is 1.05 bits per heavy atom. The predicted molar refractivity (Wildman–Crippen MR) is 93.1 cm³/mol. The van der Waals surface area contributed by atoms with Crippen molar-refractivity contribution in [1.82, 2.24) is 9.55 Å². The zero-order chi connectivity index (χ0) is 14.8. The molecule has 1 aromatic heterocycles. The third kappa shape index (κ3) is 4.64. The topological polar surface area (TPSA) is 17.8 Å². The van der Waals surface area contributed by atoms with Crippen molar-refractivity contribution in [3.63, 3.8) is 0 Å². The number of imidazole rings is 1. The zero-order valence-corrected chi connectivity index (χ0v) is 16.6. The van der Waals surface area contributed by atoms with Gasteiger partial charge in [-0.2, -0.15) is 0 Å². The number of unbranched alkanes of at least 4 members (excludes halogenated alkanes) is 3. The van der Waals surface area contributed by atoms with Gasteiger partial charge in [-0.25, -0.2) is 0 Å². The predicted octanol–water partition coefficient (Wildman–Crippen LogP) is 5.04. The van der Waals surface area contributed by atoms with Gasteiger partial charge in [0, 0.05) is 0 Å². The van der Waals surface area contributed by atoms with Gasteiger partial charge in [-0.3, -0.25) is 0 Å². The van der Waals surface area contributed by atoms with Crippen LogP contribution in [-0.2, 0) is 0 Å². The fraction of sp³-hybridized carbons (Fsp3) is 0.706. The van der Waals surface area contributed by atoms with Crippen LogP contribution in [0.5, 0.6) is 0 Å². The molecular formula is C17H32N2Sn. The average Bonchev–Trinajstić information content (AvgIpc) is 2.96. The van der Waals surface area contributed by atoms with Gasteiger partial charge < -0.3 is 0 Å². The summed E-state index contributed by atoms with van der Waals surface area (Å²) < 4.78 is 8.09. The Labute approximate surface area is 129 Å². The maximum atomic E-state index is 4.80. The van der Waals surface area contributed by atoms with Crippen molar-refractivity contribution in [1.29, 1.82) is 0 Å². The van der Waals surface area contributed by atoms with Crippen molar-refractivity contribution in [3.05, 3.63) is 19.0 Å². The van der Waals surface area contributed by atoms with E-state index in [2.05, 4.69) is 38.1 Å². The van der Waals surface area contributed by atoms with Crippen molar-refractivity contribution in [2.75, 3.05) is 0 Å². The van der Waals surface area contributed by atoms with Gasteiger partial charge in [-0.05, 0) is 0 Å². The van der Waals surface area contributed by atoms with E-state index in [1.165, 1.54) is 55.7 Å². The summed E-state index contributed by atoms with van der Waals surface area (Å²) in [4.78, 5) is 4.80. The Morgan fingerprint density at radius 2 is 1.55 bits per heavy atom. The van der Waals surface area contributed by atoms with Crippen LogP contribution in [0, 0.1) is 0 Å². The number of hydrogen-bond donors (Lipinski definition) is 0. The van der Waals surface area contributed by atoms with Gasteiger partial charge in [0.2, 0.25) is 0 Å². The van der Waals surface area contributed by atoms with E-state index < -0.39 is 18.4 Å². The van der Waals surface area contributed by atoms with Gasteiger partial charge in [0.1, 0.15) is 0 Å². The molecule has 2 nitrogen and oxygen atoms in total. The molecule has 0 atom stereocenters. The second kappa shape index (κ2) is 9.64. The van der Waals surface area contributed by atoms with Crippen LogP contribution in [-0.4, -0.2) is 27.9 Å². The molecule has 0 amide bonds. The molecule has 1 aromatic rings. The standard InChI is InChI=1S/C5H5N2.3C4H9.Sn/c1-2-7-4-3-6-5-7;3*1-3-4-2;/h2-4H,1H2;3*1,3-4H2,2H3;. The molecule has 20 heavy (non-hydrogen) atoms. The van der Waals surface area contributed by atoms with Gasteiger partial charge in [-0.15, -0.1) is 0 Å². The molecule has 3 heteroatoms. The van der Waals surface area contributed by atoms with Gasteiger partial charge in [0.25, 0.3) is 0 Å². The van der Waals surface area contributed by atoms with Gasteiger partial charge in [-0.1, -0.05) is 0 Å². The molecular weight excluding hydrogens is 351 g/mol. The van der Waals surface area contributed by atoms with Crippen LogP contribution < -0.4 is 3.84 Å². The van der Waals surface area contributed by atoms with Crippen molar-refractivity contribution >= 4 is 28.4 Å². The van der Waals surface area contributed by atoms with E-state index >= 15 is 0 Å². The van der Waals surface area contributed by atoms with Crippen LogP contribution in [0.25, 0.3) is 6.20 Å². The molecule has 0 bridgehead atoms. The van der Waals surface area contributed by atoms with Crippen LogP contribution in [0.15, 0.2) is 19.0 Å². The molecule has 1 rings (SSSR count). The van der Waals surface area contributed by atoms with E-state index in [1.807, 2.05) is 12.4 Å². The summed E-state index contributed by atoms with van der Waals surface area (Å²) in [7, 11) is 0. The third-order valence-electron chi connectivity index (χ3n) is 4.37. The van der Waals surface area contributed by atoms with Crippen molar-refractivity contribution in [3.8, 4) is 0 Å². The van der Waals surface area contributed by atoms with Crippen molar-refractivity contribution < 1.29 is 0 Å².